The van der Waals surface area contributed by atoms with Crippen molar-refractivity contribution in [2.24, 2.45) is 7.05 Å². The van der Waals surface area contributed by atoms with Gasteiger partial charge >= 0.3 is 0 Å². The van der Waals surface area contributed by atoms with Gasteiger partial charge in [-0.05, 0) is 6.42 Å². The van der Waals surface area contributed by atoms with Crippen LogP contribution in [-0.2, 0) is 13.5 Å². The summed E-state index contributed by atoms with van der Waals surface area (Å²) in [5.74, 6) is 1.24. The molecule has 0 bridgehead atoms. The summed E-state index contributed by atoms with van der Waals surface area (Å²) in [4.78, 5) is 0. The molecule has 2 aromatic rings. The van der Waals surface area contributed by atoms with E-state index >= 15 is 0 Å². The maximum absolute atomic E-state index is 6.04. The van der Waals surface area contributed by atoms with E-state index in [4.69, 9.17) is 15.2 Å². The van der Waals surface area contributed by atoms with Gasteiger partial charge in [0.25, 0.3) is 0 Å². The van der Waals surface area contributed by atoms with E-state index in [1.54, 1.807) is 25.0 Å². The first-order valence-corrected chi connectivity index (χ1v) is 6.40. The van der Waals surface area contributed by atoms with Gasteiger partial charge in [-0.3, -0.25) is 4.68 Å². The number of ether oxygens (including phenoxy) is 2. The van der Waals surface area contributed by atoms with E-state index in [2.05, 4.69) is 17.3 Å². The summed E-state index contributed by atoms with van der Waals surface area (Å²) in [6.45, 7) is 2.06. The highest BCUT2D eigenvalue weighted by molar-refractivity contribution is 5.77. The van der Waals surface area contributed by atoms with E-state index in [-0.39, 0.29) is 0 Å². The number of hydrogen-bond donors (Lipinski definition) is 2. The fourth-order valence-electron chi connectivity index (χ4n) is 2.05. The van der Waals surface area contributed by atoms with Crippen molar-refractivity contribution in [3.8, 4) is 11.5 Å². The summed E-state index contributed by atoms with van der Waals surface area (Å²) in [7, 11) is 5.07. The van der Waals surface area contributed by atoms with Gasteiger partial charge in [0.2, 0.25) is 0 Å². The molecule has 0 atom stereocenters. The molecule has 0 unspecified atom stereocenters. The van der Waals surface area contributed by atoms with Crippen molar-refractivity contribution in [3.05, 3.63) is 24.0 Å². The molecule has 3 N–H and O–H groups in total. The standard InChI is InChI=1S/C14H20N4O2/c1-5-10-12(8-18(2)17-10)16-11-7-14(20-4)13(19-3)6-9(11)15/h6-8,16H,5,15H2,1-4H3. The Morgan fingerprint density at radius 1 is 1.20 bits per heavy atom. The molecule has 0 saturated carbocycles. The number of anilines is 3. The fourth-order valence-corrected chi connectivity index (χ4v) is 2.05. The molecule has 0 spiro atoms. The molecule has 0 fully saturated rings. The Bertz CT molecular complexity index is 607. The molecule has 0 aliphatic rings. The molecule has 0 aliphatic carbocycles. The SMILES string of the molecule is CCc1nn(C)cc1Nc1cc(OC)c(OC)cc1N. The third kappa shape index (κ3) is 2.64. The molecule has 1 aromatic carbocycles. The van der Waals surface area contributed by atoms with E-state index in [0.717, 1.165) is 23.5 Å². The Kier molecular flexibility index (Phi) is 4.02. The Hall–Kier alpha value is -2.37. The van der Waals surface area contributed by atoms with Crippen LogP contribution in [0, 0.1) is 0 Å². The third-order valence-electron chi connectivity index (χ3n) is 3.07. The number of aromatic nitrogens is 2. The van der Waals surface area contributed by atoms with E-state index in [1.165, 1.54) is 0 Å². The minimum atomic E-state index is 0.591. The molecular formula is C14H20N4O2. The summed E-state index contributed by atoms with van der Waals surface area (Å²) >= 11 is 0. The molecule has 6 heteroatoms. The Balaban J connectivity index is 2.37. The zero-order valence-corrected chi connectivity index (χ0v) is 12.2. The van der Waals surface area contributed by atoms with Gasteiger partial charge in [-0.2, -0.15) is 5.10 Å². The lowest BCUT2D eigenvalue weighted by Gasteiger charge is -2.13. The number of rotatable bonds is 5. The molecule has 2 rings (SSSR count). The van der Waals surface area contributed by atoms with Crippen LogP contribution in [-0.4, -0.2) is 24.0 Å². The third-order valence-corrected chi connectivity index (χ3v) is 3.07. The first-order chi connectivity index (χ1) is 9.58. The highest BCUT2D eigenvalue weighted by Crippen LogP contribution is 2.36. The second-order valence-electron chi connectivity index (χ2n) is 4.44. The fraction of sp³-hybridized carbons (Fsp3) is 0.357. The second kappa shape index (κ2) is 5.73. The normalized spacial score (nSPS) is 10.4. The van der Waals surface area contributed by atoms with Crippen molar-refractivity contribution in [3.63, 3.8) is 0 Å². The number of nitrogens with zero attached hydrogens (tertiary/aromatic N) is 2. The summed E-state index contributed by atoms with van der Waals surface area (Å²) in [5.41, 5.74) is 9.33. The van der Waals surface area contributed by atoms with E-state index in [0.29, 0.717) is 17.2 Å². The van der Waals surface area contributed by atoms with Gasteiger partial charge in [0.05, 0.1) is 37.0 Å². The Morgan fingerprint density at radius 2 is 1.85 bits per heavy atom. The minimum Gasteiger partial charge on any atom is -0.493 e. The van der Waals surface area contributed by atoms with Crippen molar-refractivity contribution in [2.75, 3.05) is 25.3 Å². The van der Waals surface area contributed by atoms with Crippen LogP contribution < -0.4 is 20.5 Å². The van der Waals surface area contributed by atoms with Crippen LogP contribution in [0.4, 0.5) is 17.1 Å². The van der Waals surface area contributed by atoms with Crippen LogP contribution in [0.2, 0.25) is 0 Å². The van der Waals surface area contributed by atoms with Crippen LogP contribution >= 0.6 is 0 Å². The van der Waals surface area contributed by atoms with Crippen LogP contribution in [0.1, 0.15) is 12.6 Å². The summed E-state index contributed by atoms with van der Waals surface area (Å²) < 4.78 is 12.3. The van der Waals surface area contributed by atoms with Crippen molar-refractivity contribution < 1.29 is 9.47 Å². The zero-order valence-electron chi connectivity index (χ0n) is 12.2. The molecule has 1 heterocycles. The van der Waals surface area contributed by atoms with Crippen molar-refractivity contribution in [1.29, 1.82) is 0 Å². The van der Waals surface area contributed by atoms with E-state index < -0.39 is 0 Å². The lowest BCUT2D eigenvalue weighted by atomic mass is 10.2. The van der Waals surface area contributed by atoms with Crippen molar-refractivity contribution in [2.45, 2.75) is 13.3 Å². The van der Waals surface area contributed by atoms with Crippen LogP contribution in [0.5, 0.6) is 11.5 Å². The second-order valence-corrected chi connectivity index (χ2v) is 4.44. The number of nitrogens with one attached hydrogen (secondary N) is 1. The minimum absolute atomic E-state index is 0.591. The highest BCUT2D eigenvalue weighted by atomic mass is 16.5. The monoisotopic (exact) mass is 276 g/mol. The maximum atomic E-state index is 6.04. The molecule has 6 nitrogen and oxygen atoms in total. The van der Waals surface area contributed by atoms with Crippen molar-refractivity contribution >= 4 is 17.1 Å². The van der Waals surface area contributed by atoms with Crippen LogP contribution in [0.15, 0.2) is 18.3 Å². The molecule has 0 saturated heterocycles. The first-order valence-electron chi connectivity index (χ1n) is 6.40. The van der Waals surface area contributed by atoms with Gasteiger partial charge in [-0.25, -0.2) is 0 Å². The van der Waals surface area contributed by atoms with Crippen molar-refractivity contribution in [1.82, 2.24) is 9.78 Å². The number of hydrogen-bond acceptors (Lipinski definition) is 5. The number of aryl methyl sites for hydroxylation is 2. The average molecular weight is 276 g/mol. The molecule has 0 aliphatic heterocycles. The average Bonchev–Trinajstić information content (AvgIpc) is 2.80. The molecule has 108 valence electrons. The summed E-state index contributed by atoms with van der Waals surface area (Å²) in [6, 6.07) is 3.56. The smallest absolute Gasteiger partial charge is 0.162 e. The zero-order chi connectivity index (χ0) is 14.7. The lowest BCUT2D eigenvalue weighted by molar-refractivity contribution is 0.355. The molecule has 0 radical (unpaired) electrons. The molecule has 0 amide bonds. The molecular weight excluding hydrogens is 256 g/mol. The topological polar surface area (TPSA) is 74.3 Å². The van der Waals surface area contributed by atoms with Crippen LogP contribution in [0.3, 0.4) is 0 Å². The number of methoxy groups -OCH3 is 2. The van der Waals surface area contributed by atoms with E-state index in [9.17, 15) is 0 Å². The van der Waals surface area contributed by atoms with Gasteiger partial charge in [-0.1, -0.05) is 6.92 Å². The quantitative estimate of drug-likeness (QED) is 0.820. The predicted molar refractivity (Wildman–Crippen MR) is 79.8 cm³/mol. The summed E-state index contributed by atoms with van der Waals surface area (Å²) in [6.07, 6.45) is 2.77. The van der Waals surface area contributed by atoms with Gasteiger partial charge in [0, 0.05) is 25.4 Å². The molecule has 1 aromatic heterocycles. The number of nitrogen functional groups attached to an aromatic ring is 1. The van der Waals surface area contributed by atoms with Gasteiger partial charge < -0.3 is 20.5 Å². The summed E-state index contributed by atoms with van der Waals surface area (Å²) in [5, 5.41) is 7.68. The van der Waals surface area contributed by atoms with E-state index in [1.807, 2.05) is 19.3 Å². The number of nitrogens with two attached hydrogens (primary N) is 1. The largest absolute Gasteiger partial charge is 0.493 e. The molecule has 20 heavy (non-hydrogen) atoms. The Labute approximate surface area is 118 Å². The predicted octanol–water partition coefficient (Wildman–Crippen LogP) is 2.33. The van der Waals surface area contributed by atoms with Crippen LogP contribution in [0.25, 0.3) is 0 Å². The van der Waals surface area contributed by atoms with Gasteiger partial charge in [-0.15, -0.1) is 0 Å². The first kappa shape index (κ1) is 14.0. The maximum Gasteiger partial charge on any atom is 0.162 e. The Morgan fingerprint density at radius 3 is 2.45 bits per heavy atom. The van der Waals surface area contributed by atoms with Gasteiger partial charge in [0.15, 0.2) is 11.5 Å². The van der Waals surface area contributed by atoms with Gasteiger partial charge in [0.1, 0.15) is 0 Å². The lowest BCUT2D eigenvalue weighted by Crippen LogP contribution is -2.00. The number of benzene rings is 1. The highest BCUT2D eigenvalue weighted by Gasteiger charge is 2.12.